The van der Waals surface area contributed by atoms with E-state index in [9.17, 15) is 9.90 Å². The van der Waals surface area contributed by atoms with Crippen molar-refractivity contribution in [2.75, 3.05) is 12.3 Å². The van der Waals surface area contributed by atoms with Gasteiger partial charge in [0.2, 0.25) is 0 Å². The van der Waals surface area contributed by atoms with Gasteiger partial charge in [0.05, 0.1) is 0 Å². The molecule has 0 bridgehead atoms. The summed E-state index contributed by atoms with van der Waals surface area (Å²) in [4.78, 5) is 16.1. The Labute approximate surface area is 127 Å². The molecule has 0 aliphatic heterocycles. The Hall–Kier alpha value is -1.86. The second-order valence-corrected chi connectivity index (χ2v) is 5.50. The summed E-state index contributed by atoms with van der Waals surface area (Å²) < 4.78 is 1.63. The molecule has 2 aromatic rings. The number of hydrogen-bond acceptors (Lipinski definition) is 5. The Morgan fingerprint density at radius 2 is 2.14 bits per heavy atom. The number of likely N-dealkylation sites (N-methyl/N-ethyl adjacent to an activating group) is 1. The molecule has 0 saturated heterocycles. The molecule has 7 heteroatoms. The van der Waals surface area contributed by atoms with E-state index >= 15 is 0 Å². The number of carboxylic acid groups (broad SMARTS) is 1. The molecule has 1 aromatic heterocycles. The van der Waals surface area contributed by atoms with Gasteiger partial charge < -0.3 is 5.11 Å². The molecule has 2 rings (SSSR count). The third-order valence-electron chi connectivity index (χ3n) is 3.20. The van der Waals surface area contributed by atoms with Gasteiger partial charge in [-0.05, 0) is 12.1 Å². The minimum absolute atomic E-state index is 0.326. The predicted octanol–water partition coefficient (Wildman–Crippen LogP) is 1.50. The fourth-order valence-electron chi connectivity index (χ4n) is 2.11. The number of thioether (sulfide) groups is 1. The maximum absolute atomic E-state index is 11.9. The van der Waals surface area contributed by atoms with Crippen LogP contribution < -0.4 is 5.32 Å². The van der Waals surface area contributed by atoms with Gasteiger partial charge in [0.15, 0.2) is 10.7 Å². The minimum atomic E-state index is -1.15. The van der Waals surface area contributed by atoms with Crippen LogP contribution in [0, 0.1) is 0 Å². The fourth-order valence-corrected chi connectivity index (χ4v) is 3.20. The number of aliphatic carboxylic acids is 1. The molecule has 0 amide bonds. The maximum atomic E-state index is 11.9. The van der Waals surface area contributed by atoms with Crippen molar-refractivity contribution in [3.63, 3.8) is 0 Å². The molecule has 1 aromatic carbocycles. The first-order valence-corrected chi connectivity index (χ1v) is 7.59. The Morgan fingerprint density at radius 3 is 2.67 bits per heavy atom. The van der Waals surface area contributed by atoms with Crippen LogP contribution in [0.1, 0.15) is 12.5 Å². The van der Waals surface area contributed by atoms with Crippen LogP contribution in [0.3, 0.4) is 0 Å². The fraction of sp³-hybridized carbons (Fsp3) is 0.357. The summed E-state index contributed by atoms with van der Waals surface area (Å²) in [5.74, 6) is -0.572. The predicted molar refractivity (Wildman–Crippen MR) is 81.2 cm³/mol. The molecule has 1 heterocycles. The molecule has 1 atom stereocenters. The molecule has 0 fully saturated rings. The normalized spacial score (nSPS) is 13.8. The monoisotopic (exact) mass is 306 g/mol. The van der Waals surface area contributed by atoms with Crippen LogP contribution in [-0.2, 0) is 17.4 Å². The molecule has 0 saturated carbocycles. The van der Waals surface area contributed by atoms with E-state index < -0.39 is 11.5 Å². The number of hydrogen-bond donors (Lipinski definition) is 2. The van der Waals surface area contributed by atoms with E-state index in [0.717, 1.165) is 5.56 Å². The van der Waals surface area contributed by atoms with Crippen LogP contribution in [0.4, 0.5) is 0 Å². The summed E-state index contributed by atoms with van der Waals surface area (Å²) in [6.45, 7) is 2.45. The summed E-state index contributed by atoms with van der Waals surface area (Å²) in [6.07, 6.45) is 1.46. The summed E-state index contributed by atoms with van der Waals surface area (Å²) in [5.41, 5.74) is -0.416. The maximum Gasteiger partial charge on any atom is 0.329 e. The van der Waals surface area contributed by atoms with Gasteiger partial charge in [-0.25, -0.2) is 14.5 Å². The van der Waals surface area contributed by atoms with Gasteiger partial charge in [0.1, 0.15) is 6.33 Å². The Bertz CT molecular complexity index is 602. The van der Waals surface area contributed by atoms with Gasteiger partial charge in [0, 0.05) is 12.8 Å². The SMILES string of the molecule is CCNC(CSc1ncnn1C)(C(=O)O)c1ccccc1. The van der Waals surface area contributed by atoms with Crippen LogP contribution in [0.25, 0.3) is 0 Å². The molecule has 1 unspecified atom stereocenters. The second kappa shape index (κ2) is 6.73. The number of aryl methyl sites for hydroxylation is 1. The number of rotatable bonds is 7. The van der Waals surface area contributed by atoms with Crippen LogP contribution in [0.2, 0.25) is 0 Å². The lowest BCUT2D eigenvalue weighted by Gasteiger charge is -2.30. The quantitative estimate of drug-likeness (QED) is 0.755. The number of aromatic nitrogens is 3. The number of carboxylic acids is 1. The van der Waals surface area contributed by atoms with Gasteiger partial charge >= 0.3 is 5.97 Å². The van der Waals surface area contributed by atoms with Crippen LogP contribution >= 0.6 is 11.8 Å². The van der Waals surface area contributed by atoms with Gasteiger partial charge in [-0.2, -0.15) is 5.10 Å². The topological polar surface area (TPSA) is 80.0 Å². The van der Waals surface area contributed by atoms with E-state index in [0.29, 0.717) is 17.5 Å². The van der Waals surface area contributed by atoms with Gasteiger partial charge in [0.25, 0.3) is 0 Å². The number of nitrogens with one attached hydrogen (secondary N) is 1. The van der Waals surface area contributed by atoms with Crippen molar-refractivity contribution in [1.29, 1.82) is 0 Å². The first-order valence-electron chi connectivity index (χ1n) is 6.61. The molecule has 0 aliphatic rings. The second-order valence-electron chi connectivity index (χ2n) is 4.56. The highest BCUT2D eigenvalue weighted by atomic mass is 32.2. The summed E-state index contributed by atoms with van der Waals surface area (Å²) in [6, 6.07) is 9.22. The third-order valence-corrected chi connectivity index (χ3v) is 4.40. The highest BCUT2D eigenvalue weighted by molar-refractivity contribution is 7.99. The van der Waals surface area contributed by atoms with E-state index in [2.05, 4.69) is 15.4 Å². The van der Waals surface area contributed by atoms with Crippen molar-refractivity contribution in [3.8, 4) is 0 Å². The van der Waals surface area contributed by atoms with E-state index in [1.807, 2.05) is 37.3 Å². The first kappa shape index (κ1) is 15.5. The highest BCUT2D eigenvalue weighted by Gasteiger charge is 2.40. The number of benzene rings is 1. The Morgan fingerprint density at radius 1 is 1.43 bits per heavy atom. The van der Waals surface area contributed by atoms with Crippen LogP contribution in [0.5, 0.6) is 0 Å². The summed E-state index contributed by atoms with van der Waals surface area (Å²) >= 11 is 1.37. The molecule has 0 spiro atoms. The lowest BCUT2D eigenvalue weighted by Crippen LogP contribution is -2.51. The average molecular weight is 306 g/mol. The molecule has 0 radical (unpaired) electrons. The van der Waals surface area contributed by atoms with Crippen molar-refractivity contribution in [2.24, 2.45) is 7.05 Å². The lowest BCUT2D eigenvalue weighted by molar-refractivity contribution is -0.144. The molecular weight excluding hydrogens is 288 g/mol. The van der Waals surface area contributed by atoms with E-state index in [1.165, 1.54) is 18.1 Å². The highest BCUT2D eigenvalue weighted by Crippen LogP contribution is 2.29. The third kappa shape index (κ3) is 3.25. The smallest absolute Gasteiger partial charge is 0.329 e. The van der Waals surface area contributed by atoms with E-state index in [-0.39, 0.29) is 0 Å². The summed E-state index contributed by atoms with van der Waals surface area (Å²) in [7, 11) is 1.79. The zero-order valence-corrected chi connectivity index (χ0v) is 12.8. The molecule has 112 valence electrons. The van der Waals surface area contributed by atoms with Gasteiger partial charge in [-0.15, -0.1) is 0 Å². The van der Waals surface area contributed by atoms with Crippen molar-refractivity contribution in [3.05, 3.63) is 42.2 Å². The van der Waals surface area contributed by atoms with Crippen LogP contribution in [-0.4, -0.2) is 38.1 Å². The Kier molecular flexibility index (Phi) is 4.98. The molecule has 0 aliphatic carbocycles. The van der Waals surface area contributed by atoms with E-state index in [1.54, 1.807) is 11.7 Å². The lowest BCUT2D eigenvalue weighted by atomic mass is 9.92. The average Bonchev–Trinajstić information content (AvgIpc) is 2.89. The first-order chi connectivity index (χ1) is 10.1. The van der Waals surface area contributed by atoms with Crippen molar-refractivity contribution in [1.82, 2.24) is 20.1 Å². The van der Waals surface area contributed by atoms with Crippen molar-refractivity contribution < 1.29 is 9.90 Å². The zero-order valence-electron chi connectivity index (χ0n) is 12.0. The summed E-state index contributed by atoms with van der Waals surface area (Å²) in [5, 5.41) is 17.6. The molecule has 2 N–H and O–H groups in total. The Balaban J connectivity index is 2.31. The van der Waals surface area contributed by atoms with E-state index in [4.69, 9.17) is 0 Å². The standard InChI is InChI=1S/C14H18N4O2S/c1-3-16-14(12(19)20,11-7-5-4-6-8-11)9-21-13-15-10-17-18(13)2/h4-8,10,16H,3,9H2,1-2H3,(H,19,20). The van der Waals surface area contributed by atoms with Gasteiger partial charge in [-0.3, -0.25) is 5.32 Å². The molecule has 6 nitrogen and oxygen atoms in total. The van der Waals surface area contributed by atoms with Crippen molar-refractivity contribution in [2.45, 2.75) is 17.6 Å². The minimum Gasteiger partial charge on any atom is -0.480 e. The van der Waals surface area contributed by atoms with Crippen LogP contribution in [0.15, 0.2) is 41.8 Å². The number of nitrogens with zero attached hydrogens (tertiary/aromatic N) is 3. The van der Waals surface area contributed by atoms with Crippen molar-refractivity contribution >= 4 is 17.7 Å². The molecular formula is C14H18N4O2S. The zero-order chi connectivity index (χ0) is 15.3. The number of carbonyl (C=O) groups is 1. The largest absolute Gasteiger partial charge is 0.480 e. The van der Waals surface area contributed by atoms with Gasteiger partial charge in [-0.1, -0.05) is 49.0 Å². The molecule has 21 heavy (non-hydrogen) atoms.